The van der Waals surface area contributed by atoms with Gasteiger partial charge in [0.1, 0.15) is 6.33 Å². The third-order valence-electron chi connectivity index (χ3n) is 4.26. The van der Waals surface area contributed by atoms with E-state index in [0.717, 1.165) is 30.5 Å². The summed E-state index contributed by atoms with van der Waals surface area (Å²) in [6.07, 6.45) is 4.65. The maximum atomic E-state index is 4.55. The Kier molecular flexibility index (Phi) is 4.19. The van der Waals surface area contributed by atoms with Crippen LogP contribution in [-0.4, -0.2) is 9.97 Å². The van der Waals surface area contributed by atoms with Gasteiger partial charge in [0.05, 0.1) is 11.2 Å². The Morgan fingerprint density at radius 2 is 1.68 bits per heavy atom. The van der Waals surface area contributed by atoms with Crippen molar-refractivity contribution in [2.45, 2.75) is 40.0 Å². The van der Waals surface area contributed by atoms with E-state index in [1.54, 1.807) is 6.33 Å². The highest BCUT2D eigenvalue weighted by atomic mass is 14.8. The van der Waals surface area contributed by atoms with Gasteiger partial charge in [-0.1, -0.05) is 43.7 Å². The third kappa shape index (κ3) is 2.87. The number of aryl methyl sites for hydroxylation is 3. The lowest BCUT2D eigenvalue weighted by Crippen LogP contribution is -1.99. The molecule has 0 N–H and O–H groups in total. The van der Waals surface area contributed by atoms with E-state index in [1.165, 1.54) is 27.6 Å². The first-order valence-electron chi connectivity index (χ1n) is 8.02. The molecule has 3 aromatic rings. The summed E-state index contributed by atoms with van der Waals surface area (Å²) in [5.41, 5.74) is 7.58. The molecule has 0 saturated carbocycles. The molecule has 1 heterocycles. The van der Waals surface area contributed by atoms with Gasteiger partial charge in [-0.3, -0.25) is 0 Å². The standard InChI is InChI=1S/C20H22N2/c1-4-16-11-18-19(10-15-8-6-7-14(3)9-15)21-13-22-20(18)12-17(16)5-2/h6-9,11-13H,4-5,10H2,1-3H3. The Morgan fingerprint density at radius 3 is 2.41 bits per heavy atom. The predicted molar refractivity (Wildman–Crippen MR) is 92.3 cm³/mol. The minimum absolute atomic E-state index is 0.856. The molecule has 0 aliphatic rings. The van der Waals surface area contributed by atoms with Gasteiger partial charge in [0.2, 0.25) is 0 Å². The Morgan fingerprint density at radius 1 is 0.909 bits per heavy atom. The van der Waals surface area contributed by atoms with Gasteiger partial charge in [-0.15, -0.1) is 0 Å². The topological polar surface area (TPSA) is 25.8 Å². The lowest BCUT2D eigenvalue weighted by Gasteiger charge is -2.11. The molecule has 0 aliphatic carbocycles. The number of fused-ring (bicyclic) bond motifs is 1. The minimum Gasteiger partial charge on any atom is -0.240 e. The SMILES string of the molecule is CCc1cc2ncnc(Cc3cccc(C)c3)c2cc1CC. The summed E-state index contributed by atoms with van der Waals surface area (Å²) in [5.74, 6) is 0. The quantitative estimate of drug-likeness (QED) is 0.698. The Hall–Kier alpha value is -2.22. The Balaban J connectivity index is 2.09. The van der Waals surface area contributed by atoms with Crippen LogP contribution in [0.4, 0.5) is 0 Å². The number of benzene rings is 2. The molecular formula is C20H22N2. The van der Waals surface area contributed by atoms with Crippen molar-refractivity contribution in [2.75, 3.05) is 0 Å². The number of hydrogen-bond donors (Lipinski definition) is 0. The lowest BCUT2D eigenvalue weighted by molar-refractivity contribution is 1.02. The molecule has 0 aliphatic heterocycles. The number of rotatable bonds is 4. The second-order valence-electron chi connectivity index (χ2n) is 5.83. The summed E-state index contributed by atoms with van der Waals surface area (Å²) in [5, 5.41) is 1.19. The number of aromatic nitrogens is 2. The second-order valence-corrected chi connectivity index (χ2v) is 5.83. The molecule has 2 aromatic carbocycles. The van der Waals surface area contributed by atoms with E-state index < -0.39 is 0 Å². The van der Waals surface area contributed by atoms with Gasteiger partial charge in [0.15, 0.2) is 0 Å². The van der Waals surface area contributed by atoms with Gasteiger partial charge in [0.25, 0.3) is 0 Å². The molecule has 1 aromatic heterocycles. The van der Waals surface area contributed by atoms with Crippen molar-refractivity contribution in [1.29, 1.82) is 0 Å². The van der Waals surface area contributed by atoms with Gasteiger partial charge in [-0.25, -0.2) is 9.97 Å². The maximum Gasteiger partial charge on any atom is 0.116 e. The highest BCUT2D eigenvalue weighted by Crippen LogP contribution is 2.23. The molecule has 0 radical (unpaired) electrons. The molecule has 0 unspecified atom stereocenters. The summed E-state index contributed by atoms with van der Waals surface area (Å²) in [6, 6.07) is 13.2. The molecule has 112 valence electrons. The second kappa shape index (κ2) is 6.27. The highest BCUT2D eigenvalue weighted by molar-refractivity contribution is 5.82. The lowest BCUT2D eigenvalue weighted by atomic mass is 9.97. The molecule has 2 nitrogen and oxygen atoms in total. The Bertz CT molecular complexity index is 806. The summed E-state index contributed by atoms with van der Waals surface area (Å²) in [6.45, 7) is 6.55. The average Bonchev–Trinajstić information content (AvgIpc) is 2.54. The molecule has 0 amide bonds. The smallest absolute Gasteiger partial charge is 0.116 e. The van der Waals surface area contributed by atoms with Gasteiger partial charge in [0, 0.05) is 11.8 Å². The van der Waals surface area contributed by atoms with E-state index in [2.05, 4.69) is 67.1 Å². The van der Waals surface area contributed by atoms with E-state index in [-0.39, 0.29) is 0 Å². The first kappa shape index (κ1) is 14.7. The van der Waals surface area contributed by atoms with Crippen LogP contribution in [0.1, 0.15) is 41.8 Å². The van der Waals surface area contributed by atoms with E-state index in [9.17, 15) is 0 Å². The molecule has 0 fully saturated rings. The zero-order valence-corrected chi connectivity index (χ0v) is 13.6. The molecular weight excluding hydrogens is 268 g/mol. The molecule has 2 heteroatoms. The van der Waals surface area contributed by atoms with Gasteiger partial charge >= 0.3 is 0 Å². The maximum absolute atomic E-state index is 4.55. The van der Waals surface area contributed by atoms with Crippen LogP contribution in [0.2, 0.25) is 0 Å². The molecule has 0 spiro atoms. The van der Waals surface area contributed by atoms with Crippen molar-refractivity contribution in [3.8, 4) is 0 Å². The van der Waals surface area contributed by atoms with Gasteiger partial charge in [-0.05, 0) is 48.6 Å². The van der Waals surface area contributed by atoms with E-state index in [1.807, 2.05) is 0 Å². The summed E-state index contributed by atoms with van der Waals surface area (Å²) >= 11 is 0. The third-order valence-corrected chi connectivity index (χ3v) is 4.26. The van der Waals surface area contributed by atoms with Crippen molar-refractivity contribution < 1.29 is 0 Å². The van der Waals surface area contributed by atoms with Crippen molar-refractivity contribution in [2.24, 2.45) is 0 Å². The number of hydrogen-bond acceptors (Lipinski definition) is 2. The van der Waals surface area contributed by atoms with Crippen molar-refractivity contribution >= 4 is 10.9 Å². The van der Waals surface area contributed by atoms with E-state index in [4.69, 9.17) is 0 Å². The fourth-order valence-corrected chi connectivity index (χ4v) is 3.06. The first-order valence-corrected chi connectivity index (χ1v) is 8.02. The molecule has 22 heavy (non-hydrogen) atoms. The largest absolute Gasteiger partial charge is 0.240 e. The fourth-order valence-electron chi connectivity index (χ4n) is 3.06. The minimum atomic E-state index is 0.856. The molecule has 0 saturated heterocycles. The molecule has 3 rings (SSSR count). The van der Waals surface area contributed by atoms with Crippen molar-refractivity contribution in [1.82, 2.24) is 9.97 Å². The highest BCUT2D eigenvalue weighted by Gasteiger charge is 2.09. The molecule has 0 bridgehead atoms. The fraction of sp³-hybridized carbons (Fsp3) is 0.300. The van der Waals surface area contributed by atoms with Crippen molar-refractivity contribution in [3.05, 3.63) is 70.7 Å². The monoisotopic (exact) mass is 290 g/mol. The summed E-state index contributed by atoms with van der Waals surface area (Å²) < 4.78 is 0. The van der Waals surface area contributed by atoms with Crippen LogP contribution in [-0.2, 0) is 19.3 Å². The van der Waals surface area contributed by atoms with Crippen LogP contribution in [0.5, 0.6) is 0 Å². The van der Waals surface area contributed by atoms with Crippen molar-refractivity contribution in [3.63, 3.8) is 0 Å². The summed E-state index contributed by atoms with van der Waals surface area (Å²) in [7, 11) is 0. The van der Waals surface area contributed by atoms with Crippen LogP contribution in [0.3, 0.4) is 0 Å². The molecule has 0 atom stereocenters. The van der Waals surface area contributed by atoms with Crippen LogP contribution in [0, 0.1) is 6.92 Å². The van der Waals surface area contributed by atoms with Crippen LogP contribution in [0.25, 0.3) is 10.9 Å². The van der Waals surface area contributed by atoms with Crippen LogP contribution < -0.4 is 0 Å². The van der Waals surface area contributed by atoms with E-state index in [0.29, 0.717) is 0 Å². The van der Waals surface area contributed by atoms with Crippen LogP contribution in [0.15, 0.2) is 42.7 Å². The van der Waals surface area contributed by atoms with Gasteiger partial charge < -0.3 is 0 Å². The summed E-state index contributed by atoms with van der Waals surface area (Å²) in [4.78, 5) is 9.03. The van der Waals surface area contributed by atoms with Gasteiger partial charge in [-0.2, -0.15) is 0 Å². The first-order chi connectivity index (χ1) is 10.7. The predicted octanol–water partition coefficient (Wildman–Crippen LogP) is 4.65. The van der Waals surface area contributed by atoms with E-state index >= 15 is 0 Å². The average molecular weight is 290 g/mol. The zero-order valence-electron chi connectivity index (χ0n) is 13.6. The number of nitrogens with zero attached hydrogens (tertiary/aromatic N) is 2. The Labute approximate surface area is 132 Å². The normalized spacial score (nSPS) is 11.0. The zero-order chi connectivity index (χ0) is 15.5. The van der Waals surface area contributed by atoms with Crippen LogP contribution >= 0.6 is 0 Å².